The van der Waals surface area contributed by atoms with Crippen LogP contribution in [0.5, 0.6) is 11.5 Å². The monoisotopic (exact) mass is 449 g/mol. The molecule has 6 nitrogen and oxygen atoms in total. The van der Waals surface area contributed by atoms with E-state index in [1.54, 1.807) is 7.11 Å². The number of aliphatic imine (C=N–C) groups is 1. The highest BCUT2D eigenvalue weighted by Gasteiger charge is 2.21. The number of nitrogens with zero attached hydrogens (tertiary/aromatic N) is 1. The number of hydrogen-bond donors (Lipinski definition) is 2. The molecule has 0 saturated carbocycles. The zero-order valence-electron chi connectivity index (χ0n) is 14.6. The fourth-order valence-corrected chi connectivity index (χ4v) is 2.56. The maximum absolute atomic E-state index is 5.89. The molecule has 3 N–H and O–H groups in total. The van der Waals surface area contributed by atoms with Crippen LogP contribution in [0.15, 0.2) is 17.1 Å². The van der Waals surface area contributed by atoms with Crippen LogP contribution in [0.3, 0.4) is 0 Å². The topological polar surface area (TPSA) is 78.1 Å². The van der Waals surface area contributed by atoms with Crippen molar-refractivity contribution in [3.05, 3.63) is 23.3 Å². The predicted molar refractivity (Wildman–Crippen MR) is 107 cm³/mol. The van der Waals surface area contributed by atoms with Gasteiger partial charge >= 0.3 is 0 Å². The summed E-state index contributed by atoms with van der Waals surface area (Å²) in [7, 11) is 1.67. The van der Waals surface area contributed by atoms with Crippen molar-refractivity contribution in [3.8, 4) is 11.5 Å². The van der Waals surface area contributed by atoms with Crippen molar-refractivity contribution in [2.24, 2.45) is 10.7 Å². The zero-order valence-corrected chi connectivity index (χ0v) is 17.0. The van der Waals surface area contributed by atoms with Gasteiger partial charge in [-0.05, 0) is 32.4 Å². The lowest BCUT2D eigenvalue weighted by atomic mass is 10.1. The maximum atomic E-state index is 5.89. The minimum absolute atomic E-state index is 0. The Balaban J connectivity index is 0.00000288. The molecule has 0 fully saturated rings. The molecular formula is C17H28IN3O3. The summed E-state index contributed by atoms with van der Waals surface area (Å²) in [6.07, 6.45) is 2.03. The Labute approximate surface area is 161 Å². The van der Waals surface area contributed by atoms with Crippen molar-refractivity contribution in [2.75, 3.05) is 26.9 Å². The molecule has 1 aliphatic rings. The standard InChI is InChI=1S/C17H27N3O3.HI/c1-4-22-7-5-6-19-17(18)20-11-14-10-16-13(8-12(2)23-16)9-15(14)21-3;/h9-10,12H,4-8,11H2,1-3H3,(H3,18,19,20);1H. The number of nitrogens with two attached hydrogens (primary N) is 1. The Morgan fingerprint density at radius 2 is 2.25 bits per heavy atom. The van der Waals surface area contributed by atoms with Crippen LogP contribution >= 0.6 is 24.0 Å². The lowest BCUT2D eigenvalue weighted by Crippen LogP contribution is -2.32. The second-order valence-electron chi connectivity index (χ2n) is 5.58. The molecule has 136 valence electrons. The minimum Gasteiger partial charge on any atom is -0.496 e. The van der Waals surface area contributed by atoms with Gasteiger partial charge in [0.2, 0.25) is 0 Å². The summed E-state index contributed by atoms with van der Waals surface area (Å²) in [6, 6.07) is 4.04. The molecule has 0 amide bonds. The molecule has 0 saturated heterocycles. The van der Waals surface area contributed by atoms with Gasteiger partial charge in [-0.1, -0.05) is 0 Å². The number of fused-ring (bicyclic) bond motifs is 1. The summed E-state index contributed by atoms with van der Waals surface area (Å²) in [4.78, 5) is 4.37. The van der Waals surface area contributed by atoms with Gasteiger partial charge in [-0.3, -0.25) is 0 Å². The van der Waals surface area contributed by atoms with E-state index in [2.05, 4.69) is 17.2 Å². The van der Waals surface area contributed by atoms with E-state index in [0.717, 1.165) is 49.7 Å². The first-order chi connectivity index (χ1) is 11.1. The van der Waals surface area contributed by atoms with Crippen LogP contribution in [0.25, 0.3) is 0 Å². The van der Waals surface area contributed by atoms with E-state index in [-0.39, 0.29) is 30.1 Å². The third-order valence-corrected chi connectivity index (χ3v) is 3.69. The molecule has 1 aromatic rings. The molecule has 1 atom stereocenters. The summed E-state index contributed by atoms with van der Waals surface area (Å²) in [6.45, 7) is 6.72. The molecule has 1 aliphatic heterocycles. The quantitative estimate of drug-likeness (QED) is 0.276. The molecule has 0 aromatic heterocycles. The van der Waals surface area contributed by atoms with E-state index in [0.29, 0.717) is 12.5 Å². The molecule has 1 heterocycles. The van der Waals surface area contributed by atoms with E-state index in [4.69, 9.17) is 19.9 Å². The van der Waals surface area contributed by atoms with E-state index >= 15 is 0 Å². The molecule has 1 unspecified atom stereocenters. The Kier molecular flexibility index (Phi) is 9.20. The van der Waals surface area contributed by atoms with Gasteiger partial charge in [0, 0.05) is 37.3 Å². The Hall–Kier alpha value is -1.22. The van der Waals surface area contributed by atoms with Crippen LogP contribution in [0.2, 0.25) is 0 Å². The second kappa shape index (κ2) is 10.6. The van der Waals surface area contributed by atoms with E-state index < -0.39 is 0 Å². The van der Waals surface area contributed by atoms with E-state index in [1.807, 2.05) is 19.1 Å². The Morgan fingerprint density at radius 1 is 1.46 bits per heavy atom. The fourth-order valence-electron chi connectivity index (χ4n) is 2.56. The van der Waals surface area contributed by atoms with Gasteiger partial charge in [0.1, 0.15) is 17.6 Å². The number of benzene rings is 1. The highest BCUT2D eigenvalue weighted by Crippen LogP contribution is 2.35. The van der Waals surface area contributed by atoms with Crippen molar-refractivity contribution >= 4 is 29.9 Å². The number of hydrogen-bond acceptors (Lipinski definition) is 4. The number of ether oxygens (including phenoxy) is 3. The molecule has 7 heteroatoms. The van der Waals surface area contributed by atoms with Gasteiger partial charge in [-0.15, -0.1) is 24.0 Å². The summed E-state index contributed by atoms with van der Waals surface area (Å²) >= 11 is 0. The lowest BCUT2D eigenvalue weighted by molar-refractivity contribution is 0.145. The molecule has 0 bridgehead atoms. The van der Waals surface area contributed by atoms with Crippen molar-refractivity contribution in [1.29, 1.82) is 0 Å². The average Bonchev–Trinajstić information content (AvgIpc) is 2.90. The number of nitrogens with one attached hydrogen (secondary N) is 1. The first-order valence-corrected chi connectivity index (χ1v) is 8.12. The number of halogens is 1. The largest absolute Gasteiger partial charge is 0.496 e. The van der Waals surface area contributed by atoms with Crippen LogP contribution in [0.1, 0.15) is 31.4 Å². The summed E-state index contributed by atoms with van der Waals surface area (Å²) in [5.74, 6) is 2.18. The first kappa shape index (κ1) is 20.8. The molecule has 0 radical (unpaired) electrons. The molecule has 0 aliphatic carbocycles. The van der Waals surface area contributed by atoms with Gasteiger partial charge in [0.15, 0.2) is 5.96 Å². The predicted octanol–water partition coefficient (Wildman–Crippen LogP) is 2.47. The van der Waals surface area contributed by atoms with Gasteiger partial charge in [-0.2, -0.15) is 0 Å². The van der Waals surface area contributed by atoms with E-state index in [9.17, 15) is 0 Å². The normalized spacial score (nSPS) is 16.1. The molecular weight excluding hydrogens is 421 g/mol. The van der Waals surface area contributed by atoms with Crippen LogP contribution in [0, 0.1) is 0 Å². The van der Waals surface area contributed by atoms with Gasteiger partial charge < -0.3 is 25.3 Å². The van der Waals surface area contributed by atoms with Gasteiger partial charge in [0.25, 0.3) is 0 Å². The minimum atomic E-state index is 0. The average molecular weight is 449 g/mol. The van der Waals surface area contributed by atoms with Crippen molar-refractivity contribution in [1.82, 2.24) is 5.32 Å². The molecule has 24 heavy (non-hydrogen) atoms. The third kappa shape index (κ3) is 6.01. The van der Waals surface area contributed by atoms with E-state index in [1.165, 1.54) is 5.56 Å². The summed E-state index contributed by atoms with van der Waals surface area (Å²) in [5, 5.41) is 3.08. The van der Waals surface area contributed by atoms with Crippen LogP contribution < -0.4 is 20.5 Å². The highest BCUT2D eigenvalue weighted by molar-refractivity contribution is 14.0. The SMILES string of the molecule is CCOCCCNC(N)=NCc1cc2c(cc1OC)CC(C)O2.I. The van der Waals surface area contributed by atoms with Gasteiger partial charge in [-0.25, -0.2) is 4.99 Å². The summed E-state index contributed by atoms with van der Waals surface area (Å²) in [5.41, 5.74) is 8.04. The third-order valence-electron chi connectivity index (χ3n) is 3.69. The number of methoxy groups -OCH3 is 1. The Bertz CT molecular complexity index is 552. The Morgan fingerprint density at radius 3 is 2.96 bits per heavy atom. The smallest absolute Gasteiger partial charge is 0.188 e. The number of guanidine groups is 1. The van der Waals surface area contributed by atoms with Crippen LogP contribution in [-0.2, 0) is 17.7 Å². The number of rotatable bonds is 8. The zero-order chi connectivity index (χ0) is 16.7. The van der Waals surface area contributed by atoms with Crippen molar-refractivity contribution in [3.63, 3.8) is 0 Å². The molecule has 0 spiro atoms. The van der Waals surface area contributed by atoms with Crippen LogP contribution in [-0.4, -0.2) is 38.9 Å². The fraction of sp³-hybridized carbons (Fsp3) is 0.588. The first-order valence-electron chi connectivity index (χ1n) is 8.12. The van der Waals surface area contributed by atoms with Crippen molar-refractivity contribution in [2.45, 2.75) is 39.3 Å². The lowest BCUT2D eigenvalue weighted by Gasteiger charge is -2.10. The van der Waals surface area contributed by atoms with Gasteiger partial charge in [0.05, 0.1) is 13.7 Å². The van der Waals surface area contributed by atoms with Crippen LogP contribution in [0.4, 0.5) is 0 Å². The maximum Gasteiger partial charge on any atom is 0.188 e. The summed E-state index contributed by atoms with van der Waals surface area (Å²) < 4.78 is 16.5. The second-order valence-corrected chi connectivity index (χ2v) is 5.58. The molecule has 1 aromatic carbocycles. The molecule has 2 rings (SSSR count). The highest BCUT2D eigenvalue weighted by atomic mass is 127. The van der Waals surface area contributed by atoms with Crippen molar-refractivity contribution < 1.29 is 14.2 Å².